The number of ether oxygens (including phenoxy) is 1. The maximum atomic E-state index is 12.0. The summed E-state index contributed by atoms with van der Waals surface area (Å²) in [6, 6.07) is 9.31. The van der Waals surface area contributed by atoms with Gasteiger partial charge in [-0.05, 0) is 37.8 Å². The highest BCUT2D eigenvalue weighted by atomic mass is 16.5. The molecule has 2 fully saturated rings. The van der Waals surface area contributed by atoms with Crippen LogP contribution in [0.5, 0.6) is 5.75 Å². The fraction of sp³-hybridized carbons (Fsp3) is 0.667. The third-order valence-corrected chi connectivity index (χ3v) is 5.50. The van der Waals surface area contributed by atoms with E-state index in [4.69, 9.17) is 4.74 Å². The number of amides is 1. The van der Waals surface area contributed by atoms with Crippen LogP contribution in [0.2, 0.25) is 0 Å². The molecule has 2 saturated heterocycles. The lowest BCUT2D eigenvalue weighted by Gasteiger charge is -2.33. The number of carbonyl (C=O) groups excluding carboxylic acids is 1. The zero-order chi connectivity index (χ0) is 17.8. The van der Waals surface area contributed by atoms with Crippen LogP contribution in [0.15, 0.2) is 24.3 Å². The maximum Gasteiger partial charge on any atom is 0.219 e. The Hall–Kier alpha value is -1.55. The number of hydrogen-bond acceptors (Lipinski definition) is 3. The van der Waals surface area contributed by atoms with E-state index in [0.717, 1.165) is 44.8 Å². The summed E-state index contributed by atoms with van der Waals surface area (Å²) in [5.74, 6) is 1.77. The Morgan fingerprint density at radius 1 is 1.16 bits per heavy atom. The van der Waals surface area contributed by atoms with Crippen molar-refractivity contribution in [2.75, 3.05) is 19.7 Å². The average molecular weight is 344 g/mol. The Bertz CT molecular complexity index is 587. The Labute approximate surface area is 152 Å². The monoisotopic (exact) mass is 344 g/mol. The zero-order valence-corrected chi connectivity index (χ0v) is 15.9. The molecule has 0 aliphatic carbocycles. The van der Waals surface area contributed by atoms with Gasteiger partial charge in [0.15, 0.2) is 0 Å². The van der Waals surface area contributed by atoms with Gasteiger partial charge in [0, 0.05) is 37.7 Å². The van der Waals surface area contributed by atoms with Crippen LogP contribution >= 0.6 is 0 Å². The second kappa shape index (κ2) is 8.22. The molecule has 3 rings (SSSR count). The minimum atomic E-state index is 0.231. The van der Waals surface area contributed by atoms with Crippen LogP contribution in [0.1, 0.15) is 52.0 Å². The maximum absolute atomic E-state index is 12.0. The molecule has 0 unspecified atom stereocenters. The lowest BCUT2D eigenvalue weighted by Crippen LogP contribution is -2.44. The summed E-state index contributed by atoms with van der Waals surface area (Å²) in [4.78, 5) is 16.7. The lowest BCUT2D eigenvalue weighted by molar-refractivity contribution is -0.130. The topological polar surface area (TPSA) is 32.8 Å². The minimum absolute atomic E-state index is 0.231. The number of benzene rings is 1. The first kappa shape index (κ1) is 18.2. The molecule has 4 heteroatoms. The second-order valence-electron chi connectivity index (χ2n) is 7.91. The normalized spacial score (nSPS) is 24.2. The molecule has 1 amide bonds. The third kappa shape index (κ3) is 4.35. The Morgan fingerprint density at radius 2 is 1.96 bits per heavy atom. The summed E-state index contributed by atoms with van der Waals surface area (Å²) in [7, 11) is 0. The van der Waals surface area contributed by atoms with Gasteiger partial charge in [-0.25, -0.2) is 0 Å². The van der Waals surface area contributed by atoms with Crippen molar-refractivity contribution in [1.29, 1.82) is 0 Å². The van der Waals surface area contributed by atoms with Gasteiger partial charge in [0.1, 0.15) is 5.75 Å². The summed E-state index contributed by atoms with van der Waals surface area (Å²) >= 11 is 0. The molecular formula is C21H32N2O2. The molecule has 0 N–H and O–H groups in total. The molecule has 0 saturated carbocycles. The van der Waals surface area contributed by atoms with Gasteiger partial charge in [0.25, 0.3) is 0 Å². The van der Waals surface area contributed by atoms with Crippen molar-refractivity contribution in [2.24, 2.45) is 5.92 Å². The van der Waals surface area contributed by atoms with Gasteiger partial charge >= 0.3 is 0 Å². The van der Waals surface area contributed by atoms with E-state index in [2.05, 4.69) is 47.9 Å². The van der Waals surface area contributed by atoms with Gasteiger partial charge in [-0.3, -0.25) is 9.69 Å². The minimum Gasteiger partial charge on any atom is -0.493 e. The number of fused-ring (bicyclic) bond motifs is 1. The fourth-order valence-electron chi connectivity index (χ4n) is 4.28. The molecule has 2 heterocycles. The van der Waals surface area contributed by atoms with Crippen LogP contribution < -0.4 is 4.74 Å². The van der Waals surface area contributed by atoms with Gasteiger partial charge in [-0.15, -0.1) is 0 Å². The largest absolute Gasteiger partial charge is 0.493 e. The van der Waals surface area contributed by atoms with Crippen molar-refractivity contribution >= 4 is 5.91 Å². The number of para-hydroxylation sites is 1. The SMILES string of the molecule is CC(=O)N1CC[C@@H]2[C@H]1CCCCN2Cc1ccccc1OCC(C)C. The first-order chi connectivity index (χ1) is 12.1. The number of likely N-dealkylation sites (tertiary alicyclic amines) is 2. The molecule has 1 aromatic carbocycles. The van der Waals surface area contributed by atoms with Crippen LogP contribution in [0.3, 0.4) is 0 Å². The highest BCUT2D eigenvalue weighted by Gasteiger charge is 2.39. The van der Waals surface area contributed by atoms with Crippen LogP contribution in [-0.2, 0) is 11.3 Å². The summed E-state index contributed by atoms with van der Waals surface area (Å²) in [5, 5.41) is 0. The molecule has 0 bridgehead atoms. The van der Waals surface area contributed by atoms with Crippen molar-refractivity contribution in [3.63, 3.8) is 0 Å². The van der Waals surface area contributed by atoms with E-state index in [1.54, 1.807) is 6.92 Å². The van der Waals surface area contributed by atoms with Crippen molar-refractivity contribution in [3.8, 4) is 5.75 Å². The van der Waals surface area contributed by atoms with E-state index in [9.17, 15) is 4.79 Å². The van der Waals surface area contributed by atoms with Crippen molar-refractivity contribution in [2.45, 2.75) is 65.1 Å². The molecular weight excluding hydrogens is 312 g/mol. The lowest BCUT2D eigenvalue weighted by atomic mass is 10.0. The average Bonchev–Trinajstić information content (AvgIpc) is 2.91. The fourth-order valence-corrected chi connectivity index (χ4v) is 4.28. The summed E-state index contributed by atoms with van der Waals surface area (Å²) in [5.41, 5.74) is 1.27. The van der Waals surface area contributed by atoms with E-state index in [0.29, 0.717) is 18.0 Å². The van der Waals surface area contributed by atoms with Crippen molar-refractivity contribution in [3.05, 3.63) is 29.8 Å². The highest BCUT2D eigenvalue weighted by Crippen LogP contribution is 2.32. The number of rotatable bonds is 5. The first-order valence-corrected chi connectivity index (χ1v) is 9.78. The molecule has 1 aromatic rings. The zero-order valence-electron chi connectivity index (χ0n) is 15.9. The summed E-state index contributed by atoms with van der Waals surface area (Å²) < 4.78 is 6.05. The quantitative estimate of drug-likeness (QED) is 0.816. The number of nitrogens with zero attached hydrogens (tertiary/aromatic N) is 2. The van der Waals surface area contributed by atoms with Gasteiger partial charge in [-0.1, -0.05) is 38.5 Å². The third-order valence-electron chi connectivity index (χ3n) is 5.50. The van der Waals surface area contributed by atoms with Crippen LogP contribution in [0.25, 0.3) is 0 Å². The van der Waals surface area contributed by atoms with Gasteiger partial charge in [0.2, 0.25) is 5.91 Å². The summed E-state index contributed by atoms with van der Waals surface area (Å²) in [6.07, 6.45) is 4.67. The predicted octanol–water partition coefficient (Wildman–Crippen LogP) is 3.70. The molecule has 4 nitrogen and oxygen atoms in total. The molecule has 138 valence electrons. The molecule has 2 aliphatic rings. The highest BCUT2D eigenvalue weighted by molar-refractivity contribution is 5.74. The van der Waals surface area contributed by atoms with Crippen LogP contribution in [-0.4, -0.2) is 47.5 Å². The van der Waals surface area contributed by atoms with Gasteiger partial charge in [0.05, 0.1) is 6.61 Å². The van der Waals surface area contributed by atoms with E-state index < -0.39 is 0 Å². The van der Waals surface area contributed by atoms with E-state index in [1.807, 2.05) is 0 Å². The smallest absolute Gasteiger partial charge is 0.219 e. The van der Waals surface area contributed by atoms with Crippen LogP contribution in [0.4, 0.5) is 0 Å². The predicted molar refractivity (Wildman–Crippen MR) is 101 cm³/mol. The Kier molecular flexibility index (Phi) is 6.00. The molecule has 2 aliphatic heterocycles. The van der Waals surface area contributed by atoms with E-state index >= 15 is 0 Å². The molecule has 2 atom stereocenters. The second-order valence-corrected chi connectivity index (χ2v) is 7.91. The molecule has 0 aromatic heterocycles. The number of carbonyl (C=O) groups is 1. The van der Waals surface area contributed by atoms with Crippen molar-refractivity contribution < 1.29 is 9.53 Å². The standard InChI is InChI=1S/C21H32N2O2/c1-16(2)15-25-21-10-5-4-8-18(21)14-22-12-7-6-9-20-19(22)11-13-23(20)17(3)24/h4-5,8,10,16,19-20H,6-7,9,11-15H2,1-3H3/t19-,20-/m1/s1. The van der Waals surface area contributed by atoms with Gasteiger partial charge in [-0.2, -0.15) is 0 Å². The number of hydrogen-bond donors (Lipinski definition) is 0. The first-order valence-electron chi connectivity index (χ1n) is 9.78. The summed E-state index contributed by atoms with van der Waals surface area (Å²) in [6.45, 7) is 9.76. The van der Waals surface area contributed by atoms with E-state index in [-0.39, 0.29) is 5.91 Å². The molecule has 0 spiro atoms. The molecule has 0 radical (unpaired) electrons. The van der Waals surface area contributed by atoms with Crippen molar-refractivity contribution in [1.82, 2.24) is 9.80 Å². The van der Waals surface area contributed by atoms with Gasteiger partial charge < -0.3 is 9.64 Å². The van der Waals surface area contributed by atoms with E-state index in [1.165, 1.54) is 18.4 Å². The molecule has 25 heavy (non-hydrogen) atoms. The Balaban J connectivity index is 1.74. The Morgan fingerprint density at radius 3 is 2.72 bits per heavy atom. The van der Waals surface area contributed by atoms with Crippen LogP contribution in [0, 0.1) is 5.92 Å².